The van der Waals surface area contributed by atoms with Crippen molar-refractivity contribution in [3.8, 4) is 0 Å². The van der Waals surface area contributed by atoms with Crippen molar-refractivity contribution in [3.63, 3.8) is 0 Å². The molecule has 7 nitrogen and oxygen atoms in total. The van der Waals surface area contributed by atoms with Crippen LogP contribution in [0.1, 0.15) is 33.1 Å². The molecule has 0 aromatic heterocycles. The number of likely N-dealkylation sites (tertiary alicyclic amines) is 2. The van der Waals surface area contributed by atoms with E-state index >= 15 is 0 Å². The van der Waals surface area contributed by atoms with Crippen molar-refractivity contribution < 1.29 is 19.2 Å². The topological polar surface area (TPSA) is 62.3 Å². The third kappa shape index (κ3) is 2.89. The number of ether oxygens (including phenoxy) is 1. The van der Waals surface area contributed by atoms with E-state index in [0.29, 0.717) is 36.4 Å². The number of piperidine rings is 1. The van der Waals surface area contributed by atoms with E-state index in [1.165, 1.54) is 17.9 Å². The zero-order valence-electron chi connectivity index (χ0n) is 16.1. The van der Waals surface area contributed by atoms with Crippen molar-refractivity contribution in [1.29, 1.82) is 0 Å². The summed E-state index contributed by atoms with van der Waals surface area (Å²) in [7, 11) is 1.57. The zero-order chi connectivity index (χ0) is 18.5. The van der Waals surface area contributed by atoms with Crippen LogP contribution >= 0.6 is 0 Å². The first-order valence-electron chi connectivity index (χ1n) is 10.0. The number of hydrogen-bond acceptors (Lipinski definition) is 5. The van der Waals surface area contributed by atoms with Crippen LogP contribution in [-0.2, 0) is 14.4 Å². The first-order valence-corrected chi connectivity index (χ1v) is 10.0. The molecule has 4 fully saturated rings. The molecule has 0 aromatic carbocycles. The molecule has 2 amide bonds. The molecule has 146 valence electrons. The van der Waals surface area contributed by atoms with Gasteiger partial charge in [0.2, 0.25) is 5.91 Å². The van der Waals surface area contributed by atoms with Crippen LogP contribution in [0.25, 0.3) is 0 Å². The third-order valence-corrected chi connectivity index (χ3v) is 7.08. The van der Waals surface area contributed by atoms with Gasteiger partial charge in [0.15, 0.2) is 0 Å². The number of nitrogens with zero attached hydrogens (tertiary/aromatic N) is 3. The smallest absolute Gasteiger partial charge is 0.409 e. The van der Waals surface area contributed by atoms with Crippen LogP contribution in [0.4, 0.5) is 4.79 Å². The van der Waals surface area contributed by atoms with Gasteiger partial charge in [-0.3, -0.25) is 14.5 Å². The summed E-state index contributed by atoms with van der Waals surface area (Å²) in [6, 6.07) is 0.630. The van der Waals surface area contributed by atoms with E-state index in [1.807, 2.05) is 18.7 Å². The minimum absolute atomic E-state index is 0.157. The van der Waals surface area contributed by atoms with Gasteiger partial charge in [-0.15, -0.1) is 0 Å². The van der Waals surface area contributed by atoms with Crippen LogP contribution in [0.2, 0.25) is 0 Å². The quantitative estimate of drug-likeness (QED) is 0.693. The summed E-state index contributed by atoms with van der Waals surface area (Å²) < 4.78 is 5.14. The summed E-state index contributed by atoms with van der Waals surface area (Å²) in [6.07, 6.45) is 3.30. The molecule has 2 heterocycles. The maximum Gasteiger partial charge on any atom is 0.409 e. The van der Waals surface area contributed by atoms with Crippen LogP contribution in [0.15, 0.2) is 0 Å². The molecule has 0 bridgehead atoms. The number of hydrogen-bond donors (Lipinski definition) is 0. The lowest BCUT2D eigenvalue weighted by Crippen LogP contribution is -2.52. The standard InChI is InChI=1S/C19H31N3O4/c1-4-22(25-3)17(23)16-14-10-21(11-15(14)16)13-8-19(9-13)6-7-20(12-19)18(24)26-5-2/h13-16H,4-12H2,1-3H3/t13?,14-,15+,16+,19?. The highest BCUT2D eigenvalue weighted by Gasteiger charge is 2.63. The Kier molecular flexibility index (Phi) is 4.63. The van der Waals surface area contributed by atoms with Gasteiger partial charge < -0.3 is 9.64 Å². The molecule has 4 rings (SSSR count). The molecule has 3 atom stereocenters. The second kappa shape index (κ2) is 6.68. The lowest BCUT2D eigenvalue weighted by Gasteiger charge is -2.49. The van der Waals surface area contributed by atoms with Gasteiger partial charge >= 0.3 is 6.09 Å². The number of fused-ring (bicyclic) bond motifs is 1. The van der Waals surface area contributed by atoms with E-state index in [2.05, 4.69) is 4.90 Å². The fourth-order valence-corrected chi connectivity index (χ4v) is 5.60. The monoisotopic (exact) mass is 365 g/mol. The lowest BCUT2D eigenvalue weighted by molar-refractivity contribution is -0.177. The molecule has 0 radical (unpaired) electrons. The highest BCUT2D eigenvalue weighted by atomic mass is 16.7. The normalized spacial score (nSPS) is 38.2. The second-order valence-corrected chi connectivity index (χ2v) is 8.46. The maximum atomic E-state index is 12.4. The minimum Gasteiger partial charge on any atom is -0.450 e. The summed E-state index contributed by atoms with van der Waals surface area (Å²) in [5.41, 5.74) is 0.314. The number of carbonyl (C=O) groups is 2. The van der Waals surface area contributed by atoms with Crippen molar-refractivity contribution in [3.05, 3.63) is 0 Å². The molecule has 2 aliphatic heterocycles. The first kappa shape index (κ1) is 18.0. The fourth-order valence-electron chi connectivity index (χ4n) is 5.60. The summed E-state index contributed by atoms with van der Waals surface area (Å²) in [5, 5.41) is 1.49. The number of amides is 2. The van der Waals surface area contributed by atoms with Gasteiger partial charge in [0, 0.05) is 44.7 Å². The average Bonchev–Trinajstić information content (AvgIpc) is 2.97. The molecule has 0 unspecified atom stereocenters. The van der Waals surface area contributed by atoms with Crippen LogP contribution < -0.4 is 0 Å². The van der Waals surface area contributed by atoms with Crippen LogP contribution in [0, 0.1) is 23.2 Å². The molecular formula is C19H31N3O4. The Morgan fingerprint density at radius 2 is 1.88 bits per heavy atom. The Labute approximate surface area is 155 Å². The molecule has 2 saturated heterocycles. The summed E-state index contributed by atoms with van der Waals surface area (Å²) >= 11 is 0. The Hall–Kier alpha value is -1.34. The van der Waals surface area contributed by atoms with E-state index in [9.17, 15) is 9.59 Å². The third-order valence-electron chi connectivity index (χ3n) is 7.08. The van der Waals surface area contributed by atoms with E-state index < -0.39 is 0 Å². The molecule has 4 aliphatic rings. The fraction of sp³-hybridized carbons (Fsp3) is 0.895. The van der Waals surface area contributed by atoms with Crippen molar-refractivity contribution in [2.24, 2.45) is 23.2 Å². The molecule has 7 heteroatoms. The van der Waals surface area contributed by atoms with Crippen LogP contribution in [0.3, 0.4) is 0 Å². The highest BCUT2D eigenvalue weighted by molar-refractivity contribution is 5.81. The predicted molar refractivity (Wildman–Crippen MR) is 95.1 cm³/mol. The van der Waals surface area contributed by atoms with Crippen molar-refractivity contribution in [2.45, 2.75) is 39.2 Å². The van der Waals surface area contributed by atoms with Gasteiger partial charge in [0.25, 0.3) is 0 Å². The van der Waals surface area contributed by atoms with Gasteiger partial charge in [0.05, 0.1) is 13.7 Å². The predicted octanol–water partition coefficient (Wildman–Crippen LogP) is 1.59. The Morgan fingerprint density at radius 3 is 2.46 bits per heavy atom. The molecule has 0 N–H and O–H groups in total. The van der Waals surface area contributed by atoms with Gasteiger partial charge in [-0.25, -0.2) is 9.86 Å². The Morgan fingerprint density at radius 1 is 1.19 bits per heavy atom. The van der Waals surface area contributed by atoms with E-state index in [1.54, 1.807) is 7.11 Å². The summed E-state index contributed by atoms with van der Waals surface area (Å²) in [6.45, 7) is 8.63. The van der Waals surface area contributed by atoms with Gasteiger partial charge in [-0.2, -0.15) is 0 Å². The summed E-state index contributed by atoms with van der Waals surface area (Å²) in [4.78, 5) is 34.0. The van der Waals surface area contributed by atoms with Gasteiger partial charge in [-0.1, -0.05) is 0 Å². The Balaban J connectivity index is 1.23. The molecular weight excluding hydrogens is 334 g/mol. The van der Waals surface area contributed by atoms with Crippen molar-refractivity contribution in [2.75, 3.05) is 46.4 Å². The number of rotatable bonds is 5. The molecule has 2 aliphatic carbocycles. The number of hydroxylamine groups is 2. The second-order valence-electron chi connectivity index (χ2n) is 8.46. The Bertz CT molecular complexity index is 561. The molecule has 1 spiro atoms. The van der Waals surface area contributed by atoms with Gasteiger partial charge in [-0.05, 0) is 50.4 Å². The molecule has 0 aromatic rings. The first-order chi connectivity index (χ1) is 12.5. The molecule has 26 heavy (non-hydrogen) atoms. The minimum atomic E-state index is -0.157. The van der Waals surface area contributed by atoms with E-state index in [0.717, 1.165) is 32.6 Å². The SMILES string of the molecule is CCOC(=O)N1CCC2(CC(N3C[C@@H]4[C@H](C3)[C@H]4C(=O)N(CC)OC)C2)C1. The van der Waals surface area contributed by atoms with E-state index in [-0.39, 0.29) is 17.9 Å². The van der Waals surface area contributed by atoms with Crippen molar-refractivity contribution in [1.82, 2.24) is 14.9 Å². The molecule has 2 saturated carbocycles. The van der Waals surface area contributed by atoms with Gasteiger partial charge in [0.1, 0.15) is 0 Å². The van der Waals surface area contributed by atoms with Crippen LogP contribution in [0.5, 0.6) is 0 Å². The van der Waals surface area contributed by atoms with Crippen molar-refractivity contribution >= 4 is 12.0 Å². The largest absolute Gasteiger partial charge is 0.450 e. The lowest BCUT2D eigenvalue weighted by atomic mass is 9.64. The van der Waals surface area contributed by atoms with E-state index in [4.69, 9.17) is 9.57 Å². The average molecular weight is 365 g/mol. The number of carbonyl (C=O) groups excluding carboxylic acids is 2. The highest BCUT2D eigenvalue weighted by Crippen LogP contribution is 2.57. The zero-order valence-corrected chi connectivity index (χ0v) is 16.1. The maximum absolute atomic E-state index is 12.4. The summed E-state index contributed by atoms with van der Waals surface area (Å²) in [5.74, 6) is 1.37. The van der Waals surface area contributed by atoms with Crippen LogP contribution in [-0.4, -0.2) is 79.3 Å².